The van der Waals surface area contributed by atoms with Crippen LogP contribution in [0.15, 0.2) is 63.8 Å². The number of hydrogen-bond donors (Lipinski definition) is 4. The summed E-state index contributed by atoms with van der Waals surface area (Å²) in [7, 11) is 4.52. The van der Waals surface area contributed by atoms with Gasteiger partial charge in [-0.05, 0) is 182 Å². The quantitative estimate of drug-likeness (QED) is 0.00817. The number of carboxylic acid groups (broad SMARTS) is 1. The number of anilines is 1. The minimum Gasteiger partial charge on any atom is -0.508 e. The Morgan fingerprint density at radius 1 is 0.621 bits per heavy atom. The van der Waals surface area contributed by atoms with Crippen LogP contribution in [-0.2, 0) is 52.4 Å². The fraction of sp³-hybridized carbons (Fsp3) is 0.600. The van der Waals surface area contributed by atoms with Crippen molar-refractivity contribution in [1.82, 2.24) is 10.2 Å². The fourth-order valence-corrected chi connectivity index (χ4v) is 11.5. The third-order valence-electron chi connectivity index (χ3n) is 16.4. The number of aromatic carboxylic acids is 1. The molecule has 0 amide bonds. The van der Waals surface area contributed by atoms with Crippen LogP contribution in [0.25, 0.3) is 33.4 Å². The third kappa shape index (κ3) is 21.4. The van der Waals surface area contributed by atoms with Crippen molar-refractivity contribution >= 4 is 91.4 Å². The van der Waals surface area contributed by atoms with Gasteiger partial charge in [-0.3, -0.25) is 33.7 Å². The largest absolute Gasteiger partial charge is 0.508 e. The van der Waals surface area contributed by atoms with E-state index >= 15 is 0 Å². The second kappa shape index (κ2) is 33.6. The molecular formula is C65H93N3O16S3. The van der Waals surface area contributed by atoms with Crippen LogP contribution in [0.4, 0.5) is 5.69 Å². The van der Waals surface area contributed by atoms with E-state index in [9.17, 15) is 43.8 Å². The highest BCUT2D eigenvalue weighted by Crippen LogP contribution is 2.45. The second-order valence-electron chi connectivity index (χ2n) is 24.7. The van der Waals surface area contributed by atoms with Crippen LogP contribution in [-0.4, -0.2) is 139 Å². The standard InChI is InChI=1S/C65H93N3O16S3/c1-15-61(7,8)55(73)82-35-37-86-87-38-36-83-59(77)65(13,26-25-63(11,16-2)57(75)81-34-33-78-14)28-27-64(12,58(76)80-32-30-68(42(3)4)43(5)6)24-23-62(9,10)56(74)79-31-29-66-60(85)67-44-17-20-47(50(39-44)54(71)72)53-48-21-18-45(69)40-51(48)84-52-41-46(70)19-22-49(52)53/h17-22,39-43,69H,15-16,23-38H2,1-14H3,(H,71,72)(H2,66,67,85). The molecule has 3 atom stereocenters. The summed E-state index contributed by atoms with van der Waals surface area (Å²) in [5.74, 6) is -2.18. The van der Waals surface area contributed by atoms with Crippen molar-refractivity contribution in [2.24, 2.45) is 27.1 Å². The van der Waals surface area contributed by atoms with E-state index < -0.39 is 56.9 Å². The number of thiocarbonyl (C=S) groups is 1. The summed E-state index contributed by atoms with van der Waals surface area (Å²) < 4.78 is 39.9. The maximum Gasteiger partial charge on any atom is 0.336 e. The lowest BCUT2D eigenvalue weighted by Crippen LogP contribution is -2.41. The highest BCUT2D eigenvalue weighted by molar-refractivity contribution is 8.76. The fourth-order valence-electron chi connectivity index (χ4n) is 9.61. The number of rotatable bonds is 37. The zero-order chi connectivity index (χ0) is 64.9. The number of phenolic OH excluding ortho intramolecular Hbond substituents is 1. The van der Waals surface area contributed by atoms with Crippen LogP contribution in [0.5, 0.6) is 5.75 Å². The molecule has 0 spiro atoms. The molecule has 1 aliphatic carbocycles. The molecule has 0 saturated carbocycles. The van der Waals surface area contributed by atoms with E-state index in [0.29, 0.717) is 58.7 Å². The van der Waals surface area contributed by atoms with Gasteiger partial charge in [0.2, 0.25) is 0 Å². The molecule has 2 aromatic rings. The van der Waals surface area contributed by atoms with Crippen molar-refractivity contribution in [1.29, 1.82) is 0 Å². The third-order valence-corrected chi connectivity index (χ3v) is 19.0. The molecule has 3 unspecified atom stereocenters. The number of carbonyl (C=O) groups excluding carboxylic acids is 5. The van der Waals surface area contributed by atoms with Crippen LogP contribution in [0.1, 0.15) is 152 Å². The predicted molar refractivity (Wildman–Crippen MR) is 346 cm³/mol. The number of carboxylic acids is 1. The smallest absolute Gasteiger partial charge is 0.336 e. The van der Waals surface area contributed by atoms with Crippen LogP contribution in [0.2, 0.25) is 0 Å². The summed E-state index contributed by atoms with van der Waals surface area (Å²) in [6.45, 7) is 26.0. The van der Waals surface area contributed by atoms with Crippen LogP contribution >= 0.6 is 33.8 Å². The lowest BCUT2D eigenvalue weighted by Gasteiger charge is -2.37. The molecular weight excluding hydrogens is 1170 g/mol. The Bertz CT molecular complexity index is 3010. The summed E-state index contributed by atoms with van der Waals surface area (Å²) in [5.41, 5.74) is -3.42. The Labute approximate surface area is 526 Å². The van der Waals surface area contributed by atoms with Crippen molar-refractivity contribution < 1.29 is 71.8 Å². The van der Waals surface area contributed by atoms with E-state index in [1.165, 1.54) is 59.0 Å². The number of carbonyl (C=O) groups is 6. The number of nitrogens with zero attached hydrogens (tertiary/aromatic N) is 1. The molecule has 2 aliphatic rings. The number of aromatic hydroxyl groups is 1. The first kappa shape index (κ1) is 73.5. The Kier molecular flexibility index (Phi) is 28.4. The van der Waals surface area contributed by atoms with Gasteiger partial charge in [-0.2, -0.15) is 0 Å². The predicted octanol–water partition coefficient (Wildman–Crippen LogP) is 12.3. The lowest BCUT2D eigenvalue weighted by atomic mass is 9.69. The van der Waals surface area contributed by atoms with Crippen LogP contribution in [0.3, 0.4) is 0 Å². The van der Waals surface area contributed by atoms with Crippen LogP contribution < -0.4 is 16.1 Å². The minimum absolute atomic E-state index is 0.0711. The molecule has 22 heteroatoms. The first-order valence-corrected chi connectivity index (χ1v) is 32.7. The summed E-state index contributed by atoms with van der Waals surface area (Å²) in [4.78, 5) is 96.1. The molecule has 1 heterocycles. The maximum atomic E-state index is 14.6. The zero-order valence-electron chi connectivity index (χ0n) is 53.4. The van der Waals surface area contributed by atoms with E-state index in [4.69, 9.17) is 45.1 Å². The van der Waals surface area contributed by atoms with Gasteiger partial charge in [-0.1, -0.05) is 41.5 Å². The number of ether oxygens (including phenoxy) is 6. The molecule has 1 aliphatic heterocycles. The Hall–Kier alpha value is -5.94. The zero-order valence-corrected chi connectivity index (χ0v) is 55.8. The van der Waals surface area contributed by atoms with Crippen molar-refractivity contribution in [3.8, 4) is 28.2 Å². The Morgan fingerprint density at radius 3 is 1.72 bits per heavy atom. The van der Waals surface area contributed by atoms with Crippen molar-refractivity contribution in [3.63, 3.8) is 0 Å². The van der Waals surface area contributed by atoms with E-state index in [2.05, 4.69) is 43.2 Å². The highest BCUT2D eigenvalue weighted by Gasteiger charge is 2.45. The average Bonchev–Trinajstić information content (AvgIpc) is 0.886. The minimum atomic E-state index is -1.23. The van der Waals surface area contributed by atoms with Gasteiger partial charge in [0.1, 0.15) is 50.1 Å². The summed E-state index contributed by atoms with van der Waals surface area (Å²) in [5, 5.41) is 27.3. The van der Waals surface area contributed by atoms with Crippen molar-refractivity contribution in [2.45, 2.75) is 153 Å². The molecule has 4 rings (SSSR count). The maximum absolute atomic E-state index is 14.6. The molecule has 0 fully saturated rings. The first-order chi connectivity index (χ1) is 40.9. The lowest BCUT2D eigenvalue weighted by molar-refractivity contribution is -0.163. The van der Waals surface area contributed by atoms with E-state index in [1.807, 2.05) is 34.6 Å². The SMILES string of the molecule is CCC(C)(C)C(=O)OCCSSCCOC(=O)C(C)(CCC(C)(CC)C(=O)OCCOC)CCC(C)(CCC(C)(C)C(=O)OCCNC(=S)Nc1ccc(-c2c3ccc(=O)cc-3oc3cc(O)ccc23)c(C(=O)O)c1)C(=O)OCCN(C(C)C)C(C)C. The summed E-state index contributed by atoms with van der Waals surface area (Å²) in [6, 6.07) is 13.8. The van der Waals surface area contributed by atoms with Gasteiger partial charge in [0.25, 0.3) is 0 Å². The molecule has 19 nitrogen and oxygen atoms in total. The normalized spacial score (nSPS) is 14.0. The summed E-state index contributed by atoms with van der Waals surface area (Å²) in [6.07, 6.45) is 2.38. The van der Waals surface area contributed by atoms with Gasteiger partial charge in [0, 0.05) is 71.6 Å². The number of esters is 5. The van der Waals surface area contributed by atoms with Gasteiger partial charge in [0.05, 0.1) is 45.8 Å². The molecule has 0 aromatic heterocycles. The van der Waals surface area contributed by atoms with E-state index in [0.717, 1.165) is 0 Å². The average molecular weight is 1270 g/mol. The van der Waals surface area contributed by atoms with Crippen molar-refractivity contribution in [2.75, 3.05) is 76.7 Å². The second-order valence-corrected chi connectivity index (χ2v) is 27.8. The Morgan fingerprint density at radius 2 is 1.15 bits per heavy atom. The van der Waals surface area contributed by atoms with E-state index in [-0.39, 0.29) is 136 Å². The topological polar surface area (TPSA) is 256 Å². The van der Waals surface area contributed by atoms with Gasteiger partial charge in [0.15, 0.2) is 10.5 Å². The van der Waals surface area contributed by atoms with Gasteiger partial charge >= 0.3 is 35.8 Å². The number of phenols is 1. The number of methoxy groups -OCH3 is 1. The molecule has 4 N–H and O–H groups in total. The molecule has 87 heavy (non-hydrogen) atoms. The molecule has 0 radical (unpaired) electrons. The number of fused-ring (bicyclic) bond motifs is 2. The van der Waals surface area contributed by atoms with Crippen molar-refractivity contribution in [3.05, 3.63) is 70.4 Å². The van der Waals surface area contributed by atoms with Gasteiger partial charge in [-0.25, -0.2) is 4.79 Å². The highest BCUT2D eigenvalue weighted by atomic mass is 33.1. The van der Waals surface area contributed by atoms with E-state index in [1.54, 1.807) is 52.0 Å². The number of hydrogen-bond acceptors (Lipinski definition) is 19. The first-order valence-electron chi connectivity index (χ1n) is 29.8. The Balaban J connectivity index is 1.47. The number of benzene rings is 3. The van der Waals surface area contributed by atoms with Gasteiger partial charge < -0.3 is 53.7 Å². The molecule has 0 bridgehead atoms. The van der Waals surface area contributed by atoms with Crippen LogP contribution in [0, 0.1) is 27.1 Å². The summed E-state index contributed by atoms with van der Waals surface area (Å²) >= 11 is 5.56. The molecule has 482 valence electrons. The monoisotopic (exact) mass is 1270 g/mol. The van der Waals surface area contributed by atoms with Gasteiger partial charge in [-0.15, -0.1) is 0 Å². The number of nitrogens with one attached hydrogen (secondary N) is 2. The molecule has 0 saturated heterocycles. The molecule has 2 aromatic carbocycles.